The van der Waals surface area contributed by atoms with Crippen molar-refractivity contribution in [1.82, 2.24) is 10.2 Å². The van der Waals surface area contributed by atoms with E-state index < -0.39 is 5.60 Å². The molecule has 2 rings (SSSR count). The van der Waals surface area contributed by atoms with Gasteiger partial charge in [-0.2, -0.15) is 0 Å². The van der Waals surface area contributed by atoms with Crippen LogP contribution in [0.3, 0.4) is 0 Å². The molecule has 2 fully saturated rings. The van der Waals surface area contributed by atoms with Gasteiger partial charge >= 0.3 is 0 Å². The van der Waals surface area contributed by atoms with Crippen LogP contribution in [0, 0.1) is 0 Å². The summed E-state index contributed by atoms with van der Waals surface area (Å²) in [5.41, 5.74) is -0.557. The Kier molecular flexibility index (Phi) is 3.50. The van der Waals surface area contributed by atoms with Crippen LogP contribution >= 0.6 is 0 Å². The zero-order chi connectivity index (χ0) is 11.6. The van der Waals surface area contributed by atoms with Gasteiger partial charge in [0.1, 0.15) is 5.60 Å². The first-order valence-corrected chi connectivity index (χ1v) is 6.33. The first-order valence-electron chi connectivity index (χ1n) is 6.33. The van der Waals surface area contributed by atoms with E-state index in [1.165, 1.54) is 0 Å². The summed E-state index contributed by atoms with van der Waals surface area (Å²) in [6, 6.07) is 0.360. The third-order valence-electron chi connectivity index (χ3n) is 3.75. The van der Waals surface area contributed by atoms with Crippen LogP contribution in [0.1, 0.15) is 33.1 Å². The maximum absolute atomic E-state index is 12.5. The molecule has 4 heteroatoms. The topological polar surface area (TPSA) is 41.6 Å². The molecule has 0 aliphatic carbocycles. The molecule has 0 aromatic heterocycles. The fourth-order valence-corrected chi connectivity index (χ4v) is 2.72. The van der Waals surface area contributed by atoms with Crippen LogP contribution < -0.4 is 5.32 Å². The fraction of sp³-hybridized carbons (Fsp3) is 0.917. The largest absolute Gasteiger partial charge is 0.365 e. The van der Waals surface area contributed by atoms with Crippen molar-refractivity contribution in [3.8, 4) is 0 Å². The molecule has 0 aromatic rings. The minimum atomic E-state index is -0.557. The number of hydrogen-bond donors (Lipinski definition) is 1. The molecule has 1 N–H and O–H groups in total. The van der Waals surface area contributed by atoms with Crippen LogP contribution in [-0.2, 0) is 9.53 Å². The summed E-state index contributed by atoms with van der Waals surface area (Å²) in [6.07, 6.45) is 2.93. The van der Waals surface area contributed by atoms with Gasteiger partial charge in [-0.1, -0.05) is 0 Å². The average Bonchev–Trinajstić information content (AvgIpc) is 2.91. The van der Waals surface area contributed by atoms with Gasteiger partial charge in [0.05, 0.1) is 0 Å². The van der Waals surface area contributed by atoms with Gasteiger partial charge in [0.2, 0.25) is 0 Å². The van der Waals surface area contributed by atoms with Crippen molar-refractivity contribution in [3.05, 3.63) is 0 Å². The first kappa shape index (κ1) is 11.9. The summed E-state index contributed by atoms with van der Waals surface area (Å²) in [5.74, 6) is 0.182. The smallest absolute Gasteiger partial charge is 0.254 e. The predicted octanol–water partition coefficient (Wildman–Crippen LogP) is 0.766. The van der Waals surface area contributed by atoms with Crippen LogP contribution in [0.2, 0.25) is 0 Å². The molecular weight excluding hydrogens is 204 g/mol. The van der Waals surface area contributed by atoms with Gasteiger partial charge in [-0.25, -0.2) is 0 Å². The van der Waals surface area contributed by atoms with Crippen molar-refractivity contribution in [2.75, 3.05) is 26.2 Å². The monoisotopic (exact) mass is 226 g/mol. The lowest BCUT2D eigenvalue weighted by Crippen LogP contribution is -2.51. The van der Waals surface area contributed by atoms with Crippen LogP contribution in [0.5, 0.6) is 0 Å². The SMILES string of the molecule is CCN(C(=O)C1(C)CCCO1)C1CCNC1. The number of carbonyl (C=O) groups excluding carboxylic acids is 1. The number of nitrogens with zero attached hydrogens (tertiary/aromatic N) is 1. The van der Waals surface area contributed by atoms with Crippen molar-refractivity contribution < 1.29 is 9.53 Å². The van der Waals surface area contributed by atoms with Gasteiger partial charge in [-0.3, -0.25) is 4.79 Å². The molecule has 0 spiro atoms. The Hall–Kier alpha value is -0.610. The third-order valence-corrected chi connectivity index (χ3v) is 3.75. The standard InChI is InChI=1S/C12H22N2O2/c1-3-14(10-5-7-13-9-10)11(15)12(2)6-4-8-16-12/h10,13H,3-9H2,1-2H3. The molecule has 2 heterocycles. The van der Waals surface area contributed by atoms with Crippen LogP contribution in [-0.4, -0.2) is 48.7 Å². The Morgan fingerprint density at radius 1 is 1.62 bits per heavy atom. The first-order chi connectivity index (χ1) is 7.67. The molecule has 2 aliphatic heterocycles. The summed E-state index contributed by atoms with van der Waals surface area (Å²) in [5, 5.41) is 3.31. The van der Waals surface area contributed by atoms with Gasteiger partial charge in [-0.15, -0.1) is 0 Å². The lowest BCUT2D eigenvalue weighted by Gasteiger charge is -2.34. The Morgan fingerprint density at radius 3 is 2.94 bits per heavy atom. The van der Waals surface area contributed by atoms with Gasteiger partial charge in [0.25, 0.3) is 5.91 Å². The highest BCUT2D eigenvalue weighted by atomic mass is 16.5. The van der Waals surface area contributed by atoms with Crippen molar-refractivity contribution in [2.45, 2.75) is 44.8 Å². The average molecular weight is 226 g/mol. The normalized spacial score (nSPS) is 34.2. The minimum absolute atomic E-state index is 0.182. The maximum atomic E-state index is 12.5. The second-order valence-electron chi connectivity index (χ2n) is 4.92. The number of likely N-dealkylation sites (N-methyl/N-ethyl adjacent to an activating group) is 1. The van der Waals surface area contributed by atoms with Gasteiger partial charge in [0.15, 0.2) is 0 Å². The molecule has 16 heavy (non-hydrogen) atoms. The summed E-state index contributed by atoms with van der Waals surface area (Å²) in [4.78, 5) is 14.4. The van der Waals surface area contributed by atoms with E-state index in [4.69, 9.17) is 4.74 Å². The van der Waals surface area contributed by atoms with Gasteiger partial charge in [0, 0.05) is 25.7 Å². The van der Waals surface area contributed by atoms with E-state index >= 15 is 0 Å². The number of carbonyl (C=O) groups is 1. The zero-order valence-corrected chi connectivity index (χ0v) is 10.3. The van der Waals surface area contributed by atoms with E-state index in [1.54, 1.807) is 0 Å². The van der Waals surface area contributed by atoms with Gasteiger partial charge in [-0.05, 0) is 39.7 Å². The second-order valence-corrected chi connectivity index (χ2v) is 4.92. The van der Waals surface area contributed by atoms with Crippen LogP contribution in [0.4, 0.5) is 0 Å². The van der Waals surface area contributed by atoms with Crippen LogP contribution in [0.25, 0.3) is 0 Å². The highest BCUT2D eigenvalue weighted by Crippen LogP contribution is 2.28. The lowest BCUT2D eigenvalue weighted by molar-refractivity contribution is -0.152. The Labute approximate surface area is 97.3 Å². The third kappa shape index (κ3) is 2.09. The van der Waals surface area contributed by atoms with E-state index in [1.807, 2.05) is 11.8 Å². The molecule has 4 nitrogen and oxygen atoms in total. The van der Waals surface area contributed by atoms with E-state index in [0.717, 1.165) is 45.5 Å². The molecule has 0 radical (unpaired) electrons. The van der Waals surface area contributed by atoms with E-state index in [2.05, 4.69) is 12.2 Å². The van der Waals surface area contributed by atoms with Crippen molar-refractivity contribution >= 4 is 5.91 Å². The molecule has 2 aliphatic rings. The molecular formula is C12H22N2O2. The number of ether oxygens (including phenoxy) is 1. The van der Waals surface area contributed by atoms with Crippen molar-refractivity contribution in [3.63, 3.8) is 0 Å². The summed E-state index contributed by atoms with van der Waals surface area (Å²) >= 11 is 0. The summed E-state index contributed by atoms with van der Waals surface area (Å²) in [6.45, 7) is 7.44. The molecule has 2 saturated heterocycles. The quantitative estimate of drug-likeness (QED) is 0.772. The van der Waals surface area contributed by atoms with Crippen LogP contribution in [0.15, 0.2) is 0 Å². The molecule has 0 aromatic carbocycles. The zero-order valence-electron chi connectivity index (χ0n) is 10.3. The number of hydrogen-bond acceptors (Lipinski definition) is 3. The molecule has 2 atom stereocenters. The fourth-order valence-electron chi connectivity index (χ4n) is 2.72. The Balaban J connectivity index is 2.05. The minimum Gasteiger partial charge on any atom is -0.365 e. The van der Waals surface area contributed by atoms with Crippen molar-refractivity contribution in [2.24, 2.45) is 0 Å². The van der Waals surface area contributed by atoms with Crippen molar-refractivity contribution in [1.29, 1.82) is 0 Å². The number of amides is 1. The van der Waals surface area contributed by atoms with E-state index in [0.29, 0.717) is 6.04 Å². The predicted molar refractivity (Wildman–Crippen MR) is 62.3 cm³/mol. The second kappa shape index (κ2) is 4.72. The van der Waals surface area contributed by atoms with Gasteiger partial charge < -0.3 is 15.0 Å². The van der Waals surface area contributed by atoms with E-state index in [9.17, 15) is 4.79 Å². The lowest BCUT2D eigenvalue weighted by atomic mass is 9.99. The molecule has 1 amide bonds. The molecule has 92 valence electrons. The Bertz CT molecular complexity index is 256. The highest BCUT2D eigenvalue weighted by Gasteiger charge is 2.42. The molecule has 0 bridgehead atoms. The summed E-state index contributed by atoms with van der Waals surface area (Å²) < 4.78 is 5.63. The maximum Gasteiger partial charge on any atom is 0.254 e. The highest BCUT2D eigenvalue weighted by molar-refractivity contribution is 5.85. The molecule has 2 unspecified atom stereocenters. The van der Waals surface area contributed by atoms with E-state index in [-0.39, 0.29) is 5.91 Å². The Morgan fingerprint density at radius 2 is 2.44 bits per heavy atom. The summed E-state index contributed by atoms with van der Waals surface area (Å²) in [7, 11) is 0. The number of nitrogens with one attached hydrogen (secondary N) is 1. The molecule has 0 saturated carbocycles. The number of rotatable bonds is 3.